The van der Waals surface area contributed by atoms with Crippen LogP contribution in [0.25, 0.3) is 22.4 Å². The van der Waals surface area contributed by atoms with Crippen molar-refractivity contribution in [3.05, 3.63) is 82.8 Å². The molecular formula is C22H15F3N4O3. The molecule has 1 amide bonds. The van der Waals surface area contributed by atoms with Crippen molar-refractivity contribution in [2.24, 2.45) is 7.05 Å². The molecule has 10 heteroatoms. The van der Waals surface area contributed by atoms with Gasteiger partial charge in [0.25, 0.3) is 11.5 Å². The summed E-state index contributed by atoms with van der Waals surface area (Å²) in [7, 11) is 1.61. The molecule has 2 heterocycles. The molecule has 2 aromatic carbocycles. The number of hydrogen-bond donors (Lipinski definition) is 1. The van der Waals surface area contributed by atoms with E-state index in [1.165, 1.54) is 28.8 Å². The summed E-state index contributed by atoms with van der Waals surface area (Å²) in [4.78, 5) is 33.7. The van der Waals surface area contributed by atoms with Gasteiger partial charge in [0.2, 0.25) is 0 Å². The van der Waals surface area contributed by atoms with Gasteiger partial charge in [-0.2, -0.15) is 0 Å². The Balaban J connectivity index is 1.53. The number of amides is 1. The Morgan fingerprint density at radius 2 is 1.72 bits per heavy atom. The van der Waals surface area contributed by atoms with Crippen LogP contribution in [0.5, 0.6) is 5.75 Å². The minimum Gasteiger partial charge on any atom is -0.406 e. The third-order valence-corrected chi connectivity index (χ3v) is 4.59. The number of carbonyl (C=O) groups excluding carboxylic acids is 1. The number of pyridine rings is 1. The predicted octanol–water partition coefficient (Wildman–Crippen LogP) is 4.15. The van der Waals surface area contributed by atoms with Gasteiger partial charge in [-0.25, -0.2) is 9.97 Å². The summed E-state index contributed by atoms with van der Waals surface area (Å²) in [5.74, 6) is -0.857. The van der Waals surface area contributed by atoms with Crippen molar-refractivity contribution >= 4 is 22.8 Å². The van der Waals surface area contributed by atoms with Crippen LogP contribution in [0.1, 0.15) is 10.4 Å². The molecule has 1 N–H and O–H groups in total. The molecule has 0 saturated heterocycles. The zero-order valence-corrected chi connectivity index (χ0v) is 16.6. The standard InChI is InChI=1S/C22H15F3N4O3/c1-29-19-17(3-2-12-26-19)28-18(21(29)31)13-4-6-14(7-5-13)20(30)27-15-8-10-16(11-9-15)32-22(23,24)25/h2-12H,1H3,(H,27,30). The first kappa shape index (κ1) is 21.0. The SMILES string of the molecule is Cn1c(=O)c(-c2ccc(C(=O)Nc3ccc(OC(F)(F)F)cc3)cc2)nc2cccnc21. The van der Waals surface area contributed by atoms with Gasteiger partial charge >= 0.3 is 6.36 Å². The summed E-state index contributed by atoms with van der Waals surface area (Å²) in [6.45, 7) is 0. The topological polar surface area (TPSA) is 86.1 Å². The van der Waals surface area contributed by atoms with Gasteiger partial charge in [-0.05, 0) is 48.5 Å². The molecule has 0 unspecified atom stereocenters. The molecule has 32 heavy (non-hydrogen) atoms. The Bertz CT molecular complexity index is 1350. The zero-order chi connectivity index (χ0) is 22.9. The Hall–Kier alpha value is -4.21. The Labute approximate surface area is 179 Å². The van der Waals surface area contributed by atoms with E-state index in [4.69, 9.17) is 0 Å². The van der Waals surface area contributed by atoms with Gasteiger partial charge in [0.15, 0.2) is 5.65 Å². The first-order chi connectivity index (χ1) is 15.2. The molecular weight excluding hydrogens is 425 g/mol. The summed E-state index contributed by atoms with van der Waals surface area (Å²) in [6, 6.07) is 14.5. The van der Waals surface area contributed by atoms with E-state index < -0.39 is 12.3 Å². The van der Waals surface area contributed by atoms with Crippen molar-refractivity contribution in [3.63, 3.8) is 0 Å². The number of ether oxygens (including phenoxy) is 1. The number of fused-ring (bicyclic) bond motifs is 1. The number of anilines is 1. The molecule has 0 saturated carbocycles. The zero-order valence-electron chi connectivity index (χ0n) is 16.6. The maximum atomic E-state index is 12.7. The number of benzene rings is 2. The minimum atomic E-state index is -4.79. The van der Waals surface area contributed by atoms with Gasteiger partial charge < -0.3 is 10.1 Å². The van der Waals surface area contributed by atoms with Gasteiger partial charge in [0.05, 0.1) is 0 Å². The maximum Gasteiger partial charge on any atom is 0.573 e. The average Bonchev–Trinajstić information content (AvgIpc) is 2.77. The molecule has 0 aliphatic rings. The fraction of sp³-hybridized carbons (Fsp3) is 0.0909. The number of nitrogens with zero attached hydrogens (tertiary/aromatic N) is 3. The number of aryl methyl sites for hydroxylation is 1. The van der Waals surface area contributed by atoms with E-state index in [9.17, 15) is 22.8 Å². The number of aromatic nitrogens is 3. The number of halogens is 3. The number of rotatable bonds is 4. The molecule has 0 spiro atoms. The van der Waals surface area contributed by atoms with Crippen LogP contribution in [-0.4, -0.2) is 26.8 Å². The molecule has 0 aliphatic heterocycles. The second-order valence-corrected chi connectivity index (χ2v) is 6.77. The normalized spacial score (nSPS) is 11.4. The molecule has 4 aromatic rings. The molecule has 0 fully saturated rings. The van der Waals surface area contributed by atoms with Gasteiger partial charge in [-0.1, -0.05) is 12.1 Å². The van der Waals surface area contributed by atoms with Crippen LogP contribution in [0.3, 0.4) is 0 Å². The summed E-state index contributed by atoms with van der Waals surface area (Å²) in [6.07, 6.45) is -3.21. The first-order valence-electron chi connectivity index (χ1n) is 9.30. The van der Waals surface area contributed by atoms with E-state index in [0.717, 1.165) is 12.1 Å². The highest BCUT2D eigenvalue weighted by Gasteiger charge is 2.31. The van der Waals surface area contributed by atoms with Crippen LogP contribution >= 0.6 is 0 Å². The molecule has 7 nitrogen and oxygen atoms in total. The lowest BCUT2D eigenvalue weighted by Crippen LogP contribution is -2.21. The average molecular weight is 440 g/mol. The lowest BCUT2D eigenvalue weighted by molar-refractivity contribution is -0.274. The largest absolute Gasteiger partial charge is 0.573 e. The number of nitrogens with one attached hydrogen (secondary N) is 1. The lowest BCUT2D eigenvalue weighted by atomic mass is 10.1. The molecule has 0 radical (unpaired) electrons. The van der Waals surface area contributed by atoms with Crippen LogP contribution < -0.4 is 15.6 Å². The van der Waals surface area contributed by atoms with E-state index in [0.29, 0.717) is 28.0 Å². The minimum absolute atomic E-state index is 0.222. The van der Waals surface area contributed by atoms with E-state index in [-0.39, 0.29) is 17.0 Å². The van der Waals surface area contributed by atoms with E-state index in [2.05, 4.69) is 20.0 Å². The summed E-state index contributed by atoms with van der Waals surface area (Å²) >= 11 is 0. The van der Waals surface area contributed by atoms with Crippen LogP contribution in [0.4, 0.5) is 18.9 Å². The summed E-state index contributed by atoms with van der Waals surface area (Å²) < 4.78 is 41.9. The molecule has 0 atom stereocenters. The molecule has 2 aromatic heterocycles. The summed E-state index contributed by atoms with van der Waals surface area (Å²) in [5.41, 5.74) is 2.04. The highest BCUT2D eigenvalue weighted by Crippen LogP contribution is 2.24. The van der Waals surface area contributed by atoms with Crippen LogP contribution in [0.15, 0.2) is 71.7 Å². The maximum absolute atomic E-state index is 12.7. The first-order valence-corrected chi connectivity index (χ1v) is 9.30. The van der Waals surface area contributed by atoms with Crippen molar-refractivity contribution in [2.75, 3.05) is 5.32 Å². The lowest BCUT2D eigenvalue weighted by Gasteiger charge is -2.10. The van der Waals surface area contributed by atoms with Crippen molar-refractivity contribution in [1.29, 1.82) is 0 Å². The van der Waals surface area contributed by atoms with Gasteiger partial charge in [-0.3, -0.25) is 14.2 Å². The van der Waals surface area contributed by atoms with Crippen molar-refractivity contribution in [1.82, 2.24) is 14.5 Å². The van der Waals surface area contributed by atoms with Gasteiger partial charge in [0.1, 0.15) is 17.0 Å². The Morgan fingerprint density at radius 3 is 2.38 bits per heavy atom. The molecule has 0 aliphatic carbocycles. The third-order valence-electron chi connectivity index (χ3n) is 4.59. The molecule has 0 bridgehead atoms. The van der Waals surface area contributed by atoms with Gasteiger partial charge in [-0.15, -0.1) is 13.2 Å². The summed E-state index contributed by atoms with van der Waals surface area (Å²) in [5, 5.41) is 2.59. The van der Waals surface area contributed by atoms with Crippen molar-refractivity contribution in [2.45, 2.75) is 6.36 Å². The van der Waals surface area contributed by atoms with Gasteiger partial charge in [0, 0.05) is 30.1 Å². The smallest absolute Gasteiger partial charge is 0.406 e. The predicted molar refractivity (Wildman–Crippen MR) is 111 cm³/mol. The quantitative estimate of drug-likeness (QED) is 0.515. The highest BCUT2D eigenvalue weighted by molar-refractivity contribution is 6.04. The second-order valence-electron chi connectivity index (χ2n) is 6.77. The number of alkyl halides is 3. The van der Waals surface area contributed by atoms with E-state index in [1.807, 2.05) is 0 Å². The van der Waals surface area contributed by atoms with Crippen molar-refractivity contribution < 1.29 is 22.7 Å². The van der Waals surface area contributed by atoms with Crippen LogP contribution in [0, 0.1) is 0 Å². The second kappa shape index (κ2) is 8.14. The fourth-order valence-electron chi connectivity index (χ4n) is 3.07. The van der Waals surface area contributed by atoms with E-state index in [1.54, 1.807) is 37.5 Å². The number of hydrogen-bond acceptors (Lipinski definition) is 5. The fourth-order valence-corrected chi connectivity index (χ4v) is 3.07. The molecule has 4 rings (SSSR count). The van der Waals surface area contributed by atoms with E-state index >= 15 is 0 Å². The Kier molecular flexibility index (Phi) is 5.35. The monoisotopic (exact) mass is 440 g/mol. The molecule has 162 valence electrons. The third kappa shape index (κ3) is 4.43. The number of carbonyl (C=O) groups is 1. The van der Waals surface area contributed by atoms with Crippen molar-refractivity contribution in [3.8, 4) is 17.0 Å². The van der Waals surface area contributed by atoms with Crippen LogP contribution in [0.2, 0.25) is 0 Å². The van der Waals surface area contributed by atoms with Crippen LogP contribution in [-0.2, 0) is 7.05 Å². The highest BCUT2D eigenvalue weighted by atomic mass is 19.4. The Morgan fingerprint density at radius 1 is 1.03 bits per heavy atom.